The van der Waals surface area contributed by atoms with Crippen molar-refractivity contribution in [2.45, 2.75) is 108 Å². The maximum Gasteiger partial charge on any atom is 0.472 e. The molecule has 0 aromatic rings. The summed E-state index contributed by atoms with van der Waals surface area (Å²) in [7, 11) is -5.06. The molecule has 6 N–H and O–H groups in total. The SMILES string of the molecule is CCCCCC(=O)OCC(COP(=O)(O)OC1C(O)C(O)C(O)C(O)C1O)OC(=O)CCCCC. The van der Waals surface area contributed by atoms with Gasteiger partial charge in [-0.3, -0.25) is 18.6 Å². The highest BCUT2D eigenvalue weighted by atomic mass is 31.2. The molecular formula is C21H39O13P. The molecule has 206 valence electrons. The molecule has 0 radical (unpaired) electrons. The monoisotopic (exact) mass is 530 g/mol. The Balaban J connectivity index is 2.74. The van der Waals surface area contributed by atoms with Crippen molar-refractivity contribution < 1.29 is 63.1 Å². The molecule has 1 aliphatic carbocycles. The van der Waals surface area contributed by atoms with Crippen LogP contribution in [0.25, 0.3) is 0 Å². The minimum atomic E-state index is -5.06. The first-order valence-corrected chi connectivity index (χ1v) is 13.3. The molecule has 14 heteroatoms. The van der Waals surface area contributed by atoms with Crippen LogP contribution in [0.1, 0.15) is 65.2 Å². The summed E-state index contributed by atoms with van der Waals surface area (Å²) in [6.45, 7) is 2.75. The lowest BCUT2D eigenvalue weighted by molar-refractivity contribution is -0.220. The topological polar surface area (TPSA) is 210 Å². The second-order valence-electron chi connectivity index (χ2n) is 8.50. The number of ether oxygens (including phenoxy) is 2. The third-order valence-corrected chi connectivity index (χ3v) is 6.43. The van der Waals surface area contributed by atoms with E-state index in [1.807, 2.05) is 13.8 Å². The maximum absolute atomic E-state index is 12.4. The van der Waals surface area contributed by atoms with E-state index in [0.717, 1.165) is 25.7 Å². The Hall–Kier alpha value is -1.15. The molecule has 0 aromatic carbocycles. The Morgan fingerprint density at radius 1 is 0.771 bits per heavy atom. The predicted octanol–water partition coefficient (Wildman–Crippen LogP) is -0.0777. The van der Waals surface area contributed by atoms with Crippen LogP contribution in [0.4, 0.5) is 0 Å². The van der Waals surface area contributed by atoms with Gasteiger partial charge in [0.05, 0.1) is 6.61 Å². The Labute approximate surface area is 204 Å². The minimum Gasteiger partial charge on any atom is -0.462 e. The molecule has 0 aliphatic heterocycles. The molecule has 0 spiro atoms. The molecule has 1 saturated carbocycles. The van der Waals surface area contributed by atoms with Crippen molar-refractivity contribution in [3.05, 3.63) is 0 Å². The highest BCUT2D eigenvalue weighted by molar-refractivity contribution is 7.47. The van der Waals surface area contributed by atoms with Gasteiger partial charge in [-0.25, -0.2) is 4.57 Å². The van der Waals surface area contributed by atoms with Gasteiger partial charge in [-0.2, -0.15) is 0 Å². The molecule has 0 heterocycles. The molecule has 0 amide bonds. The lowest BCUT2D eigenvalue weighted by Crippen LogP contribution is -2.64. The van der Waals surface area contributed by atoms with Gasteiger partial charge in [0.1, 0.15) is 43.2 Å². The molecule has 0 aromatic heterocycles. The van der Waals surface area contributed by atoms with Crippen molar-refractivity contribution in [3.63, 3.8) is 0 Å². The fraction of sp³-hybridized carbons (Fsp3) is 0.905. The van der Waals surface area contributed by atoms with E-state index in [2.05, 4.69) is 0 Å². The minimum absolute atomic E-state index is 0.0840. The summed E-state index contributed by atoms with van der Waals surface area (Å²) in [4.78, 5) is 34.0. The van der Waals surface area contributed by atoms with E-state index in [1.54, 1.807) is 0 Å². The number of carbonyl (C=O) groups is 2. The van der Waals surface area contributed by atoms with E-state index in [1.165, 1.54) is 0 Å². The lowest BCUT2D eigenvalue weighted by Gasteiger charge is -2.41. The second-order valence-corrected chi connectivity index (χ2v) is 9.90. The summed E-state index contributed by atoms with van der Waals surface area (Å²) in [6.07, 6.45) is -8.31. The Morgan fingerprint density at radius 3 is 1.77 bits per heavy atom. The quantitative estimate of drug-likeness (QED) is 0.0877. The fourth-order valence-corrected chi connectivity index (χ4v) is 4.31. The van der Waals surface area contributed by atoms with Gasteiger partial charge in [0.15, 0.2) is 6.10 Å². The van der Waals surface area contributed by atoms with Gasteiger partial charge in [0.2, 0.25) is 0 Å². The summed E-state index contributed by atoms with van der Waals surface area (Å²) < 4.78 is 32.2. The molecule has 0 bridgehead atoms. The van der Waals surface area contributed by atoms with Gasteiger partial charge in [0, 0.05) is 12.8 Å². The number of hydrogen-bond donors (Lipinski definition) is 6. The van der Waals surface area contributed by atoms with Crippen LogP contribution in [-0.2, 0) is 32.7 Å². The summed E-state index contributed by atoms with van der Waals surface area (Å²) in [5.74, 6) is -1.16. The van der Waals surface area contributed by atoms with Crippen LogP contribution in [0.5, 0.6) is 0 Å². The van der Waals surface area contributed by atoms with Gasteiger partial charge in [0.25, 0.3) is 0 Å². The molecule has 6 unspecified atom stereocenters. The maximum atomic E-state index is 12.4. The van der Waals surface area contributed by atoms with Crippen molar-refractivity contribution in [3.8, 4) is 0 Å². The zero-order valence-corrected chi connectivity index (χ0v) is 21.0. The number of aliphatic hydroxyl groups is 5. The Kier molecular flexibility index (Phi) is 14.4. The van der Waals surface area contributed by atoms with Gasteiger partial charge in [-0.15, -0.1) is 0 Å². The molecule has 1 aliphatic rings. The number of esters is 2. The molecule has 0 saturated heterocycles. The zero-order chi connectivity index (χ0) is 26.6. The van der Waals surface area contributed by atoms with E-state index in [4.69, 9.17) is 18.5 Å². The van der Waals surface area contributed by atoms with E-state index in [-0.39, 0.29) is 12.8 Å². The number of carbonyl (C=O) groups excluding carboxylic acids is 2. The standard InChI is InChI=1S/C21H39O13P/c1-3-5-7-9-14(22)31-11-13(33-15(23)10-8-6-4-2)12-32-35(29,30)34-21-19(27)17(25)16(24)18(26)20(21)28/h13,16-21,24-28H,3-12H2,1-2H3,(H,29,30). The van der Waals surface area contributed by atoms with Crippen LogP contribution in [0.15, 0.2) is 0 Å². The lowest BCUT2D eigenvalue weighted by atomic mass is 9.85. The number of phosphoric ester groups is 1. The van der Waals surface area contributed by atoms with Crippen LogP contribution >= 0.6 is 7.82 Å². The van der Waals surface area contributed by atoms with Crippen molar-refractivity contribution in [2.24, 2.45) is 0 Å². The molecule has 6 atom stereocenters. The summed E-state index contributed by atoms with van der Waals surface area (Å²) in [5, 5.41) is 49.0. The molecule has 35 heavy (non-hydrogen) atoms. The van der Waals surface area contributed by atoms with E-state index in [0.29, 0.717) is 12.8 Å². The van der Waals surface area contributed by atoms with Crippen LogP contribution in [-0.4, -0.2) is 98.3 Å². The summed E-state index contributed by atoms with van der Waals surface area (Å²) >= 11 is 0. The van der Waals surface area contributed by atoms with Gasteiger partial charge in [-0.05, 0) is 12.8 Å². The number of phosphoric acid groups is 1. The smallest absolute Gasteiger partial charge is 0.462 e. The number of rotatable bonds is 16. The third kappa shape index (κ3) is 11.2. The highest BCUT2D eigenvalue weighted by Gasteiger charge is 2.51. The first-order valence-electron chi connectivity index (χ1n) is 11.8. The zero-order valence-electron chi connectivity index (χ0n) is 20.1. The van der Waals surface area contributed by atoms with E-state index >= 15 is 0 Å². The molecule has 13 nitrogen and oxygen atoms in total. The van der Waals surface area contributed by atoms with Crippen LogP contribution in [0, 0.1) is 0 Å². The van der Waals surface area contributed by atoms with Gasteiger partial charge in [-0.1, -0.05) is 39.5 Å². The fourth-order valence-electron chi connectivity index (χ4n) is 3.34. The number of hydrogen-bond acceptors (Lipinski definition) is 12. The van der Waals surface area contributed by atoms with Gasteiger partial charge >= 0.3 is 19.8 Å². The van der Waals surface area contributed by atoms with Crippen molar-refractivity contribution >= 4 is 19.8 Å². The summed E-state index contributed by atoms with van der Waals surface area (Å²) in [6, 6.07) is 0. The molecular weight excluding hydrogens is 491 g/mol. The normalized spacial score (nSPS) is 29.3. The average Bonchev–Trinajstić information content (AvgIpc) is 2.81. The average molecular weight is 531 g/mol. The highest BCUT2D eigenvalue weighted by Crippen LogP contribution is 2.47. The largest absolute Gasteiger partial charge is 0.472 e. The van der Waals surface area contributed by atoms with Crippen molar-refractivity contribution in [1.29, 1.82) is 0 Å². The van der Waals surface area contributed by atoms with Crippen molar-refractivity contribution in [1.82, 2.24) is 0 Å². The Bertz CT molecular complexity index is 674. The van der Waals surface area contributed by atoms with E-state index in [9.17, 15) is 44.6 Å². The first-order chi connectivity index (χ1) is 16.4. The van der Waals surface area contributed by atoms with Crippen LogP contribution in [0.3, 0.4) is 0 Å². The second kappa shape index (κ2) is 15.9. The van der Waals surface area contributed by atoms with Crippen LogP contribution in [0.2, 0.25) is 0 Å². The van der Waals surface area contributed by atoms with E-state index < -0.39 is 75.7 Å². The predicted molar refractivity (Wildman–Crippen MR) is 120 cm³/mol. The first kappa shape index (κ1) is 31.9. The Morgan fingerprint density at radius 2 is 1.26 bits per heavy atom. The van der Waals surface area contributed by atoms with Gasteiger partial charge < -0.3 is 39.9 Å². The number of aliphatic hydroxyl groups excluding tert-OH is 5. The number of unbranched alkanes of at least 4 members (excludes halogenated alkanes) is 4. The molecule has 1 fully saturated rings. The molecule has 1 rings (SSSR count). The summed E-state index contributed by atoms with van der Waals surface area (Å²) in [5.41, 5.74) is 0. The third-order valence-electron chi connectivity index (χ3n) is 5.45. The van der Waals surface area contributed by atoms with Crippen molar-refractivity contribution in [2.75, 3.05) is 13.2 Å². The van der Waals surface area contributed by atoms with Crippen LogP contribution < -0.4 is 0 Å².